The molecule has 0 unspecified atom stereocenters. The Balaban J connectivity index is 1.73. The third kappa shape index (κ3) is 2.72. The number of rotatable bonds is 4. The molecule has 6 heteroatoms. The van der Waals surface area contributed by atoms with E-state index >= 15 is 0 Å². The molecule has 0 aromatic heterocycles. The van der Waals surface area contributed by atoms with Crippen molar-refractivity contribution in [3.05, 3.63) is 29.3 Å². The summed E-state index contributed by atoms with van der Waals surface area (Å²) < 4.78 is 26.8. The van der Waals surface area contributed by atoms with Crippen molar-refractivity contribution in [2.24, 2.45) is 11.3 Å². The fraction of sp³-hybridized carbons (Fsp3) is 0.600. The molecule has 1 saturated heterocycles. The first-order valence-corrected chi connectivity index (χ1v) is 9.17. The van der Waals surface area contributed by atoms with Crippen LogP contribution in [-0.4, -0.2) is 37.5 Å². The summed E-state index contributed by atoms with van der Waals surface area (Å²) in [6.07, 6.45) is 3.80. The summed E-state index contributed by atoms with van der Waals surface area (Å²) in [7, 11) is -3.51. The zero-order chi connectivity index (χ0) is 15.1. The Labute approximate surface area is 130 Å². The minimum atomic E-state index is -3.51. The van der Waals surface area contributed by atoms with Gasteiger partial charge in [-0.15, -0.1) is 0 Å². The molecule has 116 valence electrons. The van der Waals surface area contributed by atoms with E-state index in [-0.39, 0.29) is 21.9 Å². The molecule has 0 spiro atoms. The Kier molecular flexibility index (Phi) is 4.03. The molecule has 0 atom stereocenters. The Hall–Kier alpha value is -0.620. The lowest BCUT2D eigenvalue weighted by molar-refractivity contribution is 0.116. The summed E-state index contributed by atoms with van der Waals surface area (Å²) in [5.74, 6) is 0.445. The van der Waals surface area contributed by atoms with Crippen LogP contribution < -0.4 is 0 Å². The van der Waals surface area contributed by atoms with Gasteiger partial charge in [0.15, 0.2) is 0 Å². The minimum absolute atomic E-state index is 0.0836. The highest BCUT2D eigenvalue weighted by atomic mass is 35.5. The molecule has 4 nitrogen and oxygen atoms in total. The molecule has 1 aliphatic carbocycles. The van der Waals surface area contributed by atoms with Gasteiger partial charge in [0, 0.05) is 19.7 Å². The Bertz CT molecular complexity index is 620. The fourth-order valence-corrected chi connectivity index (χ4v) is 5.32. The van der Waals surface area contributed by atoms with E-state index < -0.39 is 10.0 Å². The van der Waals surface area contributed by atoms with Crippen molar-refractivity contribution in [1.82, 2.24) is 4.31 Å². The summed E-state index contributed by atoms with van der Waals surface area (Å²) in [6.45, 7) is 1.26. The maximum absolute atomic E-state index is 12.6. The van der Waals surface area contributed by atoms with Crippen LogP contribution >= 0.6 is 11.6 Å². The van der Waals surface area contributed by atoms with E-state index in [0.29, 0.717) is 19.0 Å². The van der Waals surface area contributed by atoms with Crippen LogP contribution in [0.4, 0.5) is 0 Å². The van der Waals surface area contributed by atoms with Crippen LogP contribution in [0.5, 0.6) is 0 Å². The molecule has 1 heterocycles. The van der Waals surface area contributed by atoms with E-state index in [2.05, 4.69) is 0 Å². The van der Waals surface area contributed by atoms with Gasteiger partial charge in [-0.2, -0.15) is 4.31 Å². The predicted octanol–water partition coefficient (Wildman–Crippen LogP) is 2.51. The summed E-state index contributed by atoms with van der Waals surface area (Å²) in [5.41, 5.74) is 0.0836. The lowest BCUT2D eigenvalue weighted by Crippen LogP contribution is -2.41. The molecule has 1 saturated carbocycles. The van der Waals surface area contributed by atoms with E-state index in [1.807, 2.05) is 0 Å². The van der Waals surface area contributed by atoms with Gasteiger partial charge in [0.2, 0.25) is 10.0 Å². The lowest BCUT2D eigenvalue weighted by Gasteiger charge is -2.35. The van der Waals surface area contributed by atoms with Crippen LogP contribution in [0.1, 0.15) is 25.7 Å². The normalized spacial score (nSPS) is 23.1. The Morgan fingerprint density at radius 3 is 2.38 bits per heavy atom. The fourth-order valence-electron chi connectivity index (χ4n) is 3.36. The summed E-state index contributed by atoms with van der Waals surface area (Å²) in [4.78, 5) is 0.188. The van der Waals surface area contributed by atoms with Gasteiger partial charge in [0.1, 0.15) is 4.90 Å². The number of nitrogens with zero attached hydrogens (tertiary/aromatic N) is 1. The van der Waals surface area contributed by atoms with Gasteiger partial charge in [-0.3, -0.25) is 0 Å². The summed E-state index contributed by atoms with van der Waals surface area (Å²) in [5, 5.41) is 9.77. The van der Waals surface area contributed by atoms with Crippen molar-refractivity contribution >= 4 is 21.6 Å². The van der Waals surface area contributed by atoms with Crippen molar-refractivity contribution in [3.8, 4) is 0 Å². The van der Waals surface area contributed by atoms with Gasteiger partial charge in [-0.05, 0) is 49.1 Å². The van der Waals surface area contributed by atoms with Crippen LogP contribution in [0.3, 0.4) is 0 Å². The predicted molar refractivity (Wildman–Crippen MR) is 81.7 cm³/mol. The molecule has 0 radical (unpaired) electrons. The molecule has 1 N–H and O–H groups in total. The topological polar surface area (TPSA) is 57.6 Å². The van der Waals surface area contributed by atoms with E-state index in [1.165, 1.54) is 4.31 Å². The monoisotopic (exact) mass is 329 g/mol. The van der Waals surface area contributed by atoms with Gasteiger partial charge < -0.3 is 5.11 Å². The Morgan fingerprint density at radius 2 is 1.86 bits per heavy atom. The van der Waals surface area contributed by atoms with Gasteiger partial charge in [-0.25, -0.2) is 8.42 Å². The number of aliphatic hydroxyl groups is 1. The molecule has 21 heavy (non-hydrogen) atoms. The second-order valence-electron chi connectivity index (χ2n) is 6.13. The first-order chi connectivity index (χ1) is 9.99. The van der Waals surface area contributed by atoms with Crippen LogP contribution in [0, 0.1) is 11.3 Å². The molecule has 3 rings (SSSR count). The molecule has 2 fully saturated rings. The lowest BCUT2D eigenvalue weighted by atomic mass is 9.82. The van der Waals surface area contributed by atoms with Crippen LogP contribution in [-0.2, 0) is 10.0 Å². The average Bonchev–Trinajstić information content (AvgIpc) is 3.29. The van der Waals surface area contributed by atoms with Gasteiger partial charge in [-0.1, -0.05) is 23.7 Å². The molecule has 1 aromatic carbocycles. The first-order valence-electron chi connectivity index (χ1n) is 7.35. The number of halogens is 1. The number of hydrogen-bond donors (Lipinski definition) is 1. The molecule has 2 aliphatic rings. The molecular weight excluding hydrogens is 310 g/mol. The largest absolute Gasteiger partial charge is 0.396 e. The highest BCUT2D eigenvalue weighted by Crippen LogP contribution is 2.54. The smallest absolute Gasteiger partial charge is 0.244 e. The highest BCUT2D eigenvalue weighted by molar-refractivity contribution is 7.89. The van der Waals surface area contributed by atoms with E-state index in [1.54, 1.807) is 24.3 Å². The third-order valence-electron chi connectivity index (χ3n) is 4.98. The zero-order valence-corrected chi connectivity index (χ0v) is 13.4. The molecule has 1 aromatic rings. The maximum Gasteiger partial charge on any atom is 0.244 e. The van der Waals surface area contributed by atoms with Gasteiger partial charge in [0.25, 0.3) is 0 Å². The van der Waals surface area contributed by atoms with Crippen molar-refractivity contribution in [3.63, 3.8) is 0 Å². The number of hydrogen-bond acceptors (Lipinski definition) is 3. The highest BCUT2D eigenvalue weighted by Gasteiger charge is 2.49. The zero-order valence-electron chi connectivity index (χ0n) is 11.8. The van der Waals surface area contributed by atoms with E-state index in [0.717, 1.165) is 25.7 Å². The van der Waals surface area contributed by atoms with Crippen LogP contribution in [0.2, 0.25) is 5.02 Å². The molecule has 0 amide bonds. The molecular formula is C15H20ClNO3S. The van der Waals surface area contributed by atoms with E-state index in [9.17, 15) is 13.5 Å². The second-order valence-corrected chi connectivity index (χ2v) is 8.44. The standard InChI is InChI=1S/C15H20ClNO3S/c16-13-3-1-2-4-14(13)21(19,20)17-9-5-12(6-10-17)15(11-18)7-8-15/h1-4,12,18H,5-11H2. The SMILES string of the molecule is O=S(=O)(c1ccccc1Cl)N1CCC(C2(CO)CC2)CC1. The molecule has 0 bridgehead atoms. The van der Waals surface area contributed by atoms with Crippen molar-refractivity contribution in [2.45, 2.75) is 30.6 Å². The first kappa shape index (κ1) is 15.3. The third-order valence-corrected chi connectivity index (χ3v) is 7.38. The second kappa shape index (κ2) is 5.54. The van der Waals surface area contributed by atoms with Crippen LogP contribution in [0.25, 0.3) is 0 Å². The minimum Gasteiger partial charge on any atom is -0.396 e. The van der Waals surface area contributed by atoms with E-state index in [4.69, 9.17) is 11.6 Å². The van der Waals surface area contributed by atoms with Crippen LogP contribution in [0.15, 0.2) is 29.2 Å². The summed E-state index contributed by atoms with van der Waals surface area (Å²) in [6, 6.07) is 6.58. The number of sulfonamides is 1. The van der Waals surface area contributed by atoms with Crippen molar-refractivity contribution < 1.29 is 13.5 Å². The maximum atomic E-state index is 12.6. The number of aliphatic hydroxyl groups excluding tert-OH is 1. The summed E-state index contributed by atoms with van der Waals surface area (Å²) >= 11 is 6.02. The van der Waals surface area contributed by atoms with Crippen molar-refractivity contribution in [1.29, 1.82) is 0 Å². The van der Waals surface area contributed by atoms with Gasteiger partial charge in [0.05, 0.1) is 5.02 Å². The Morgan fingerprint density at radius 1 is 1.24 bits per heavy atom. The van der Waals surface area contributed by atoms with Gasteiger partial charge >= 0.3 is 0 Å². The number of benzene rings is 1. The molecule has 1 aliphatic heterocycles. The number of piperidine rings is 1. The quantitative estimate of drug-likeness (QED) is 0.923. The average molecular weight is 330 g/mol. The van der Waals surface area contributed by atoms with Crippen molar-refractivity contribution in [2.75, 3.05) is 19.7 Å².